The van der Waals surface area contributed by atoms with Crippen LogP contribution < -0.4 is 11.1 Å². The molecule has 0 saturated carbocycles. The van der Waals surface area contributed by atoms with Gasteiger partial charge in [0.1, 0.15) is 0 Å². The zero-order valence-electron chi connectivity index (χ0n) is 10.1. The number of aromatic nitrogens is 2. The summed E-state index contributed by atoms with van der Waals surface area (Å²) in [6.45, 7) is 2.31. The summed E-state index contributed by atoms with van der Waals surface area (Å²) in [5.41, 5.74) is 6.41. The second kappa shape index (κ2) is 5.18. The molecule has 1 saturated heterocycles. The Kier molecular flexibility index (Phi) is 3.63. The fraction of sp³-hybridized carbons (Fsp3) is 0.636. The van der Waals surface area contributed by atoms with Gasteiger partial charge < -0.3 is 16.0 Å². The van der Waals surface area contributed by atoms with Gasteiger partial charge in [0, 0.05) is 38.9 Å². The molecule has 0 atom stereocenters. The van der Waals surface area contributed by atoms with Crippen molar-refractivity contribution in [2.75, 3.05) is 13.1 Å². The van der Waals surface area contributed by atoms with Crippen LogP contribution in [-0.4, -0.2) is 39.8 Å². The van der Waals surface area contributed by atoms with Crippen molar-refractivity contribution in [2.45, 2.75) is 25.4 Å². The molecule has 0 radical (unpaired) electrons. The molecule has 0 unspecified atom stereocenters. The minimum absolute atomic E-state index is 0.310. The molecule has 6 nitrogen and oxygen atoms in total. The van der Waals surface area contributed by atoms with E-state index in [0.717, 1.165) is 32.5 Å². The summed E-state index contributed by atoms with van der Waals surface area (Å²) in [6.07, 6.45) is 3.72. The fourth-order valence-corrected chi connectivity index (χ4v) is 2.13. The van der Waals surface area contributed by atoms with Crippen LogP contribution in [0.2, 0.25) is 0 Å². The summed E-state index contributed by atoms with van der Waals surface area (Å²) in [6, 6.07) is 2.15. The van der Waals surface area contributed by atoms with Crippen molar-refractivity contribution in [3.05, 3.63) is 18.0 Å². The van der Waals surface area contributed by atoms with E-state index in [2.05, 4.69) is 10.4 Å². The maximum atomic E-state index is 11.0. The average Bonchev–Trinajstić information content (AvgIpc) is 2.73. The van der Waals surface area contributed by atoms with Gasteiger partial charge >= 0.3 is 6.03 Å². The van der Waals surface area contributed by atoms with E-state index in [1.807, 2.05) is 17.8 Å². The number of aryl methyl sites for hydroxylation is 1. The number of nitrogens with zero attached hydrogens (tertiary/aromatic N) is 3. The zero-order chi connectivity index (χ0) is 12.3. The van der Waals surface area contributed by atoms with Gasteiger partial charge in [-0.1, -0.05) is 0 Å². The molecule has 17 heavy (non-hydrogen) atoms. The van der Waals surface area contributed by atoms with Crippen molar-refractivity contribution in [2.24, 2.45) is 12.8 Å². The van der Waals surface area contributed by atoms with Crippen LogP contribution >= 0.6 is 0 Å². The summed E-state index contributed by atoms with van der Waals surface area (Å²) < 4.78 is 1.87. The van der Waals surface area contributed by atoms with Crippen LogP contribution in [0, 0.1) is 0 Å². The molecule has 1 fully saturated rings. The van der Waals surface area contributed by atoms with Gasteiger partial charge in [0.05, 0.1) is 5.69 Å². The Balaban J connectivity index is 1.75. The highest BCUT2D eigenvalue weighted by molar-refractivity contribution is 5.72. The Morgan fingerprint density at radius 1 is 1.59 bits per heavy atom. The van der Waals surface area contributed by atoms with E-state index < -0.39 is 0 Å². The number of urea groups is 1. The molecule has 1 aromatic rings. The number of rotatable bonds is 3. The van der Waals surface area contributed by atoms with Crippen molar-refractivity contribution in [3.8, 4) is 0 Å². The summed E-state index contributed by atoms with van der Waals surface area (Å²) >= 11 is 0. The van der Waals surface area contributed by atoms with E-state index in [-0.39, 0.29) is 6.03 Å². The topological polar surface area (TPSA) is 76.2 Å². The molecule has 1 aliphatic rings. The molecular formula is C11H19N5O. The van der Waals surface area contributed by atoms with Crippen LogP contribution in [0.4, 0.5) is 4.79 Å². The third-order valence-corrected chi connectivity index (χ3v) is 3.30. The van der Waals surface area contributed by atoms with Gasteiger partial charge in [0.15, 0.2) is 0 Å². The van der Waals surface area contributed by atoms with Gasteiger partial charge in [-0.25, -0.2) is 4.79 Å². The minimum atomic E-state index is -0.310. The Hall–Kier alpha value is -1.56. The molecule has 1 aromatic heterocycles. The first kappa shape index (κ1) is 11.9. The number of primary amides is 1. The van der Waals surface area contributed by atoms with Crippen LogP contribution in [0.5, 0.6) is 0 Å². The molecule has 2 heterocycles. The average molecular weight is 237 g/mol. The van der Waals surface area contributed by atoms with Crippen molar-refractivity contribution in [3.63, 3.8) is 0 Å². The third kappa shape index (κ3) is 2.97. The summed E-state index contributed by atoms with van der Waals surface area (Å²) in [4.78, 5) is 12.7. The van der Waals surface area contributed by atoms with E-state index in [4.69, 9.17) is 5.73 Å². The third-order valence-electron chi connectivity index (χ3n) is 3.30. The summed E-state index contributed by atoms with van der Waals surface area (Å²) in [5, 5.41) is 7.61. The summed E-state index contributed by atoms with van der Waals surface area (Å²) in [5.74, 6) is 0. The highest BCUT2D eigenvalue weighted by Gasteiger charge is 2.20. The van der Waals surface area contributed by atoms with Crippen molar-refractivity contribution in [1.82, 2.24) is 20.0 Å². The molecule has 0 aliphatic carbocycles. The SMILES string of the molecule is Cn1nccc1CNC1CCN(C(N)=O)CC1. The lowest BCUT2D eigenvalue weighted by molar-refractivity contribution is 0.185. The Morgan fingerprint density at radius 3 is 2.82 bits per heavy atom. The van der Waals surface area contributed by atoms with Gasteiger partial charge in [0.25, 0.3) is 0 Å². The maximum absolute atomic E-state index is 11.0. The molecular weight excluding hydrogens is 218 g/mol. The van der Waals surface area contributed by atoms with Gasteiger partial charge in [-0.2, -0.15) is 5.10 Å². The smallest absolute Gasteiger partial charge is 0.314 e. The zero-order valence-corrected chi connectivity index (χ0v) is 10.1. The van der Waals surface area contributed by atoms with E-state index in [0.29, 0.717) is 6.04 Å². The highest BCUT2D eigenvalue weighted by atomic mass is 16.2. The highest BCUT2D eigenvalue weighted by Crippen LogP contribution is 2.10. The Labute approximate surface area is 101 Å². The van der Waals surface area contributed by atoms with Crippen LogP contribution in [0.15, 0.2) is 12.3 Å². The number of piperidine rings is 1. The van der Waals surface area contributed by atoms with Gasteiger partial charge in [0.2, 0.25) is 0 Å². The first-order valence-corrected chi connectivity index (χ1v) is 5.91. The van der Waals surface area contributed by atoms with E-state index >= 15 is 0 Å². The molecule has 0 aromatic carbocycles. The lowest BCUT2D eigenvalue weighted by atomic mass is 10.1. The number of amides is 2. The van der Waals surface area contributed by atoms with E-state index in [9.17, 15) is 4.79 Å². The number of carbonyl (C=O) groups excluding carboxylic acids is 1. The van der Waals surface area contributed by atoms with Crippen LogP contribution in [-0.2, 0) is 13.6 Å². The van der Waals surface area contributed by atoms with Gasteiger partial charge in [-0.05, 0) is 18.9 Å². The molecule has 94 valence electrons. The molecule has 2 amide bonds. The first-order valence-electron chi connectivity index (χ1n) is 5.91. The second-order valence-corrected chi connectivity index (χ2v) is 4.43. The van der Waals surface area contributed by atoms with Gasteiger partial charge in [-0.3, -0.25) is 4.68 Å². The number of nitrogens with two attached hydrogens (primary N) is 1. The van der Waals surface area contributed by atoms with Crippen LogP contribution in [0.25, 0.3) is 0 Å². The van der Waals surface area contributed by atoms with E-state index in [1.165, 1.54) is 5.69 Å². The molecule has 2 rings (SSSR count). The number of carbonyl (C=O) groups is 1. The number of hydrogen-bond acceptors (Lipinski definition) is 3. The predicted molar refractivity (Wildman–Crippen MR) is 64.2 cm³/mol. The standard InChI is InChI=1S/C11H19N5O/c1-15-10(2-5-14-15)8-13-9-3-6-16(7-4-9)11(12)17/h2,5,9,13H,3-4,6-8H2,1H3,(H2,12,17). The van der Waals surface area contributed by atoms with E-state index in [1.54, 1.807) is 11.1 Å². The molecule has 6 heteroatoms. The molecule has 3 N–H and O–H groups in total. The molecule has 1 aliphatic heterocycles. The lowest BCUT2D eigenvalue weighted by Gasteiger charge is -2.31. The van der Waals surface area contributed by atoms with Gasteiger partial charge in [-0.15, -0.1) is 0 Å². The van der Waals surface area contributed by atoms with Crippen molar-refractivity contribution < 1.29 is 4.79 Å². The first-order chi connectivity index (χ1) is 8.16. The monoisotopic (exact) mass is 237 g/mol. The quantitative estimate of drug-likeness (QED) is 0.780. The molecule has 0 spiro atoms. The fourth-order valence-electron chi connectivity index (χ4n) is 2.13. The van der Waals surface area contributed by atoms with Crippen molar-refractivity contribution in [1.29, 1.82) is 0 Å². The number of hydrogen-bond donors (Lipinski definition) is 2. The van der Waals surface area contributed by atoms with Crippen LogP contribution in [0.3, 0.4) is 0 Å². The normalized spacial score (nSPS) is 17.4. The minimum Gasteiger partial charge on any atom is -0.351 e. The predicted octanol–water partition coefficient (Wildman–Crippen LogP) is 0.0528. The van der Waals surface area contributed by atoms with Crippen LogP contribution in [0.1, 0.15) is 18.5 Å². The molecule has 0 bridgehead atoms. The lowest BCUT2D eigenvalue weighted by Crippen LogP contribution is -2.46. The largest absolute Gasteiger partial charge is 0.351 e. The Morgan fingerprint density at radius 2 is 2.29 bits per heavy atom. The summed E-state index contributed by atoms with van der Waals surface area (Å²) in [7, 11) is 1.94. The number of nitrogens with one attached hydrogen (secondary N) is 1. The van der Waals surface area contributed by atoms with Crippen molar-refractivity contribution >= 4 is 6.03 Å². The number of likely N-dealkylation sites (tertiary alicyclic amines) is 1. The Bertz CT molecular complexity index is 381. The maximum Gasteiger partial charge on any atom is 0.314 e. The second-order valence-electron chi connectivity index (χ2n) is 4.43.